The summed E-state index contributed by atoms with van der Waals surface area (Å²) in [7, 11) is 1.73. The molecular weight excluding hydrogens is 238 g/mol. The van der Waals surface area contributed by atoms with Crippen molar-refractivity contribution in [2.75, 3.05) is 19.0 Å². The van der Waals surface area contributed by atoms with Crippen LogP contribution in [0.5, 0.6) is 0 Å². The van der Waals surface area contributed by atoms with Gasteiger partial charge in [-0.3, -0.25) is 0 Å². The second-order valence-corrected chi connectivity index (χ2v) is 4.92. The Balaban J connectivity index is 2.21. The van der Waals surface area contributed by atoms with Gasteiger partial charge in [-0.2, -0.15) is 0 Å². The number of methoxy groups -OCH3 is 1. The van der Waals surface area contributed by atoms with E-state index in [0.29, 0.717) is 12.5 Å². The summed E-state index contributed by atoms with van der Waals surface area (Å²) in [5, 5.41) is 3.34. The number of para-hydroxylation sites is 1. The van der Waals surface area contributed by atoms with Crippen LogP contribution in [0.2, 0.25) is 0 Å². The molecule has 19 heavy (non-hydrogen) atoms. The fourth-order valence-corrected chi connectivity index (χ4v) is 2.09. The molecule has 2 rings (SSSR count). The van der Waals surface area contributed by atoms with Crippen LogP contribution in [0.25, 0.3) is 0 Å². The van der Waals surface area contributed by atoms with E-state index in [4.69, 9.17) is 4.74 Å². The van der Waals surface area contributed by atoms with Crippen LogP contribution in [0.1, 0.15) is 19.9 Å². The fourth-order valence-electron chi connectivity index (χ4n) is 2.09. The highest BCUT2D eigenvalue weighted by Gasteiger charge is 2.18. The molecule has 1 heterocycles. The first-order chi connectivity index (χ1) is 9.22. The summed E-state index contributed by atoms with van der Waals surface area (Å²) in [4.78, 5) is 4.39. The molecule has 102 valence electrons. The van der Waals surface area contributed by atoms with E-state index in [1.165, 1.54) is 0 Å². The molecule has 0 aliphatic heterocycles. The van der Waals surface area contributed by atoms with Gasteiger partial charge in [-0.25, -0.2) is 4.98 Å². The smallest absolute Gasteiger partial charge is 0.207 e. The first kappa shape index (κ1) is 13.6. The first-order valence-electron chi connectivity index (χ1n) is 6.56. The number of ether oxygens (including phenoxy) is 1. The van der Waals surface area contributed by atoms with Crippen molar-refractivity contribution in [3.05, 3.63) is 42.7 Å². The van der Waals surface area contributed by atoms with Gasteiger partial charge < -0.3 is 14.6 Å². The van der Waals surface area contributed by atoms with Crippen LogP contribution in [0.4, 0.5) is 11.6 Å². The van der Waals surface area contributed by atoms with Crippen LogP contribution in [0.15, 0.2) is 42.7 Å². The third-order valence-corrected chi connectivity index (χ3v) is 3.16. The summed E-state index contributed by atoms with van der Waals surface area (Å²) in [6.07, 6.45) is 3.81. The molecule has 4 nitrogen and oxygen atoms in total. The summed E-state index contributed by atoms with van der Waals surface area (Å²) in [5.74, 6) is 1.33. The summed E-state index contributed by atoms with van der Waals surface area (Å²) in [5.41, 5.74) is 1.04. The van der Waals surface area contributed by atoms with Crippen molar-refractivity contribution in [2.45, 2.75) is 19.9 Å². The zero-order chi connectivity index (χ0) is 13.7. The minimum Gasteiger partial charge on any atom is -0.383 e. The number of hydrogen-bond donors (Lipinski definition) is 1. The van der Waals surface area contributed by atoms with Crippen molar-refractivity contribution >= 4 is 11.6 Å². The lowest BCUT2D eigenvalue weighted by molar-refractivity contribution is 0.134. The maximum absolute atomic E-state index is 5.32. The lowest BCUT2D eigenvalue weighted by atomic mass is 10.1. The number of benzene rings is 1. The van der Waals surface area contributed by atoms with Gasteiger partial charge in [0.1, 0.15) is 0 Å². The van der Waals surface area contributed by atoms with E-state index in [0.717, 1.165) is 11.6 Å². The quantitative estimate of drug-likeness (QED) is 0.863. The molecule has 1 unspecified atom stereocenters. The topological polar surface area (TPSA) is 39.1 Å². The molecule has 1 N–H and O–H groups in total. The van der Waals surface area contributed by atoms with E-state index in [2.05, 4.69) is 28.7 Å². The summed E-state index contributed by atoms with van der Waals surface area (Å²) < 4.78 is 7.46. The van der Waals surface area contributed by atoms with E-state index >= 15 is 0 Å². The third kappa shape index (κ3) is 3.35. The van der Waals surface area contributed by atoms with Crippen molar-refractivity contribution < 1.29 is 4.74 Å². The minimum atomic E-state index is 0.277. The molecule has 0 saturated carbocycles. The third-order valence-electron chi connectivity index (χ3n) is 3.16. The standard InChI is InChI=1S/C15H21N3O/c1-12(2)14(11-19-3)18-10-9-16-15(18)17-13-7-5-4-6-8-13/h4-10,12,14H,11H2,1-3H3,(H,16,17). The van der Waals surface area contributed by atoms with Gasteiger partial charge in [0.25, 0.3) is 0 Å². The van der Waals surface area contributed by atoms with Crippen LogP contribution in [0.3, 0.4) is 0 Å². The molecule has 4 heteroatoms. The van der Waals surface area contributed by atoms with E-state index in [9.17, 15) is 0 Å². The van der Waals surface area contributed by atoms with Gasteiger partial charge in [0.15, 0.2) is 0 Å². The Morgan fingerprint density at radius 1 is 1.26 bits per heavy atom. The van der Waals surface area contributed by atoms with Gasteiger partial charge in [0.2, 0.25) is 5.95 Å². The number of hydrogen-bond acceptors (Lipinski definition) is 3. The molecule has 0 amide bonds. The number of aromatic nitrogens is 2. The molecule has 0 bridgehead atoms. The number of nitrogens with zero attached hydrogens (tertiary/aromatic N) is 2. The molecule has 0 aliphatic rings. The van der Waals surface area contributed by atoms with Crippen LogP contribution < -0.4 is 5.32 Å². The minimum absolute atomic E-state index is 0.277. The second-order valence-electron chi connectivity index (χ2n) is 4.92. The highest BCUT2D eigenvalue weighted by atomic mass is 16.5. The van der Waals surface area contributed by atoms with Crippen molar-refractivity contribution in [1.82, 2.24) is 9.55 Å². The number of rotatable bonds is 6. The largest absolute Gasteiger partial charge is 0.383 e. The molecule has 1 atom stereocenters. The molecule has 0 saturated heterocycles. The van der Waals surface area contributed by atoms with Crippen LogP contribution in [-0.4, -0.2) is 23.3 Å². The fraction of sp³-hybridized carbons (Fsp3) is 0.400. The predicted octanol–water partition coefficient (Wildman–Crippen LogP) is 3.47. The van der Waals surface area contributed by atoms with Gasteiger partial charge in [-0.05, 0) is 18.1 Å². The molecule has 1 aromatic heterocycles. The highest BCUT2D eigenvalue weighted by molar-refractivity contribution is 5.53. The van der Waals surface area contributed by atoms with E-state index in [1.807, 2.05) is 42.7 Å². The summed E-state index contributed by atoms with van der Waals surface area (Å²) >= 11 is 0. The maximum Gasteiger partial charge on any atom is 0.207 e. The molecule has 0 aliphatic carbocycles. The SMILES string of the molecule is COCC(C(C)C)n1ccnc1Nc1ccccc1. The van der Waals surface area contributed by atoms with Gasteiger partial charge in [-0.1, -0.05) is 32.0 Å². The average Bonchev–Trinajstić information content (AvgIpc) is 2.84. The Kier molecular flexibility index (Phi) is 4.58. The van der Waals surface area contributed by atoms with Gasteiger partial charge in [-0.15, -0.1) is 0 Å². The number of nitrogens with one attached hydrogen (secondary N) is 1. The molecule has 2 aromatic rings. The normalized spacial score (nSPS) is 12.6. The van der Waals surface area contributed by atoms with Crippen LogP contribution in [0, 0.1) is 5.92 Å². The lowest BCUT2D eigenvalue weighted by Gasteiger charge is -2.23. The van der Waals surface area contributed by atoms with Crippen molar-refractivity contribution in [3.8, 4) is 0 Å². The van der Waals surface area contributed by atoms with Crippen LogP contribution >= 0.6 is 0 Å². The van der Waals surface area contributed by atoms with Gasteiger partial charge in [0, 0.05) is 25.2 Å². The summed E-state index contributed by atoms with van der Waals surface area (Å²) in [6.45, 7) is 5.06. The van der Waals surface area contributed by atoms with Crippen molar-refractivity contribution in [1.29, 1.82) is 0 Å². The molecule has 0 fully saturated rings. The second kappa shape index (κ2) is 6.38. The van der Waals surface area contributed by atoms with Crippen molar-refractivity contribution in [3.63, 3.8) is 0 Å². The molecule has 1 aromatic carbocycles. The van der Waals surface area contributed by atoms with E-state index < -0.39 is 0 Å². The maximum atomic E-state index is 5.32. The molecule has 0 radical (unpaired) electrons. The number of imidazole rings is 1. The van der Waals surface area contributed by atoms with Gasteiger partial charge in [0.05, 0.1) is 12.6 Å². The molecular formula is C15H21N3O. The predicted molar refractivity (Wildman–Crippen MR) is 77.7 cm³/mol. The average molecular weight is 259 g/mol. The van der Waals surface area contributed by atoms with E-state index in [-0.39, 0.29) is 6.04 Å². The zero-order valence-corrected chi connectivity index (χ0v) is 11.7. The van der Waals surface area contributed by atoms with Gasteiger partial charge >= 0.3 is 0 Å². The lowest BCUT2D eigenvalue weighted by Crippen LogP contribution is -2.21. The Labute approximate surface area is 114 Å². The van der Waals surface area contributed by atoms with Crippen molar-refractivity contribution in [2.24, 2.45) is 5.92 Å². The van der Waals surface area contributed by atoms with E-state index in [1.54, 1.807) is 7.11 Å². The first-order valence-corrected chi connectivity index (χ1v) is 6.56. The summed E-state index contributed by atoms with van der Waals surface area (Å²) in [6, 6.07) is 10.3. The Bertz CT molecular complexity index is 493. The number of anilines is 2. The monoisotopic (exact) mass is 259 g/mol. The Morgan fingerprint density at radius 3 is 2.63 bits per heavy atom. The molecule has 0 spiro atoms. The zero-order valence-electron chi connectivity index (χ0n) is 11.7. The highest BCUT2D eigenvalue weighted by Crippen LogP contribution is 2.24. The Morgan fingerprint density at radius 2 is 2.00 bits per heavy atom. The van der Waals surface area contributed by atoms with Crippen LogP contribution in [-0.2, 0) is 4.74 Å². The Hall–Kier alpha value is -1.81.